The number of esters is 1. The highest BCUT2D eigenvalue weighted by Crippen LogP contribution is 2.28. The highest BCUT2D eigenvalue weighted by molar-refractivity contribution is 7.99. The zero-order valence-corrected chi connectivity index (χ0v) is 12.2. The van der Waals surface area contributed by atoms with Gasteiger partial charge in [0.2, 0.25) is 0 Å². The average molecular weight is 280 g/mol. The van der Waals surface area contributed by atoms with Gasteiger partial charge in [0.15, 0.2) is 0 Å². The second-order valence-corrected chi connectivity index (χ2v) is 5.77. The van der Waals surface area contributed by atoms with E-state index in [1.54, 1.807) is 13.0 Å². The summed E-state index contributed by atoms with van der Waals surface area (Å²) in [6, 6.07) is 6.10. The molecule has 1 aromatic carbocycles. The Kier molecular flexibility index (Phi) is 4.58. The maximum absolute atomic E-state index is 11.8. The monoisotopic (exact) mass is 280 g/mol. The van der Waals surface area contributed by atoms with E-state index in [2.05, 4.69) is 11.9 Å². The van der Waals surface area contributed by atoms with Crippen LogP contribution in [0.15, 0.2) is 18.2 Å². The van der Waals surface area contributed by atoms with Crippen LogP contribution in [0.3, 0.4) is 0 Å². The molecule has 1 atom stereocenters. The van der Waals surface area contributed by atoms with Gasteiger partial charge in [-0.25, -0.2) is 4.79 Å². The summed E-state index contributed by atoms with van der Waals surface area (Å²) in [5.74, 6) is 1.99. The fourth-order valence-corrected chi connectivity index (χ4v) is 3.46. The lowest BCUT2D eigenvalue weighted by molar-refractivity contribution is 0.0527. The van der Waals surface area contributed by atoms with E-state index in [1.807, 2.05) is 23.9 Å². The molecule has 1 heterocycles. The fraction of sp³-hybridized carbons (Fsp3) is 0.500. The molecule has 1 aliphatic heterocycles. The van der Waals surface area contributed by atoms with Gasteiger partial charge in [0.1, 0.15) is 0 Å². The van der Waals surface area contributed by atoms with Crippen LogP contribution in [0.1, 0.15) is 23.7 Å². The normalized spacial score (nSPS) is 18.3. The molecule has 0 bridgehead atoms. The van der Waals surface area contributed by atoms with Gasteiger partial charge in [0.05, 0.1) is 12.2 Å². The molecule has 2 rings (SSSR count). The number of nitrogens with zero attached hydrogens (tertiary/aromatic N) is 1. The molecule has 19 heavy (non-hydrogen) atoms. The number of benzene rings is 1. The van der Waals surface area contributed by atoms with E-state index in [4.69, 9.17) is 10.5 Å². The van der Waals surface area contributed by atoms with E-state index in [9.17, 15) is 4.79 Å². The minimum atomic E-state index is -0.351. The van der Waals surface area contributed by atoms with Crippen molar-refractivity contribution >= 4 is 29.1 Å². The predicted octanol–water partition coefficient (Wildman–Crippen LogP) is 2.39. The van der Waals surface area contributed by atoms with Crippen LogP contribution in [0.5, 0.6) is 0 Å². The van der Waals surface area contributed by atoms with E-state index < -0.39 is 0 Å². The number of hydrogen-bond acceptors (Lipinski definition) is 5. The lowest BCUT2D eigenvalue weighted by Gasteiger charge is -2.26. The Morgan fingerprint density at radius 2 is 2.37 bits per heavy atom. The summed E-state index contributed by atoms with van der Waals surface area (Å²) in [6.07, 6.45) is 1.18. The predicted molar refractivity (Wildman–Crippen MR) is 80.9 cm³/mol. The van der Waals surface area contributed by atoms with Crippen LogP contribution in [0, 0.1) is 0 Å². The summed E-state index contributed by atoms with van der Waals surface area (Å²) in [5, 5.41) is 0. The molecular weight excluding hydrogens is 260 g/mol. The third kappa shape index (κ3) is 3.15. The van der Waals surface area contributed by atoms with Crippen LogP contribution in [-0.4, -0.2) is 37.2 Å². The molecule has 1 aliphatic rings. The summed E-state index contributed by atoms with van der Waals surface area (Å²) in [4.78, 5) is 14.1. The van der Waals surface area contributed by atoms with Crippen molar-refractivity contribution in [3.05, 3.63) is 23.8 Å². The first-order valence-corrected chi connectivity index (χ1v) is 7.66. The Bertz CT molecular complexity index is 459. The molecule has 4 nitrogen and oxygen atoms in total. The minimum Gasteiger partial charge on any atom is -0.462 e. The molecule has 1 saturated heterocycles. The van der Waals surface area contributed by atoms with Crippen molar-refractivity contribution in [1.29, 1.82) is 0 Å². The van der Waals surface area contributed by atoms with Gasteiger partial charge >= 0.3 is 5.97 Å². The van der Waals surface area contributed by atoms with Gasteiger partial charge in [-0.15, -0.1) is 0 Å². The Balaban J connectivity index is 2.22. The summed E-state index contributed by atoms with van der Waals surface area (Å²) in [5.41, 5.74) is 7.79. The van der Waals surface area contributed by atoms with Gasteiger partial charge in [-0.2, -0.15) is 11.8 Å². The highest BCUT2D eigenvalue weighted by Gasteiger charge is 2.21. The molecule has 1 unspecified atom stereocenters. The fourth-order valence-electron chi connectivity index (χ4n) is 2.19. The average Bonchev–Trinajstić information content (AvgIpc) is 2.92. The van der Waals surface area contributed by atoms with Gasteiger partial charge in [0, 0.05) is 30.2 Å². The molecule has 0 aliphatic carbocycles. The molecular formula is C14H20N2O2S. The summed E-state index contributed by atoms with van der Waals surface area (Å²) < 4.78 is 5.03. The topological polar surface area (TPSA) is 55.6 Å². The van der Waals surface area contributed by atoms with E-state index in [1.165, 1.54) is 12.2 Å². The number of nitrogen functional groups attached to an aromatic ring is 1. The highest BCUT2D eigenvalue weighted by atomic mass is 32.2. The number of anilines is 2. The molecule has 104 valence electrons. The van der Waals surface area contributed by atoms with Crippen LogP contribution < -0.4 is 10.6 Å². The number of thioether (sulfide) groups is 1. The Morgan fingerprint density at radius 3 is 3.00 bits per heavy atom. The lowest BCUT2D eigenvalue weighted by Crippen LogP contribution is -2.31. The van der Waals surface area contributed by atoms with Crippen molar-refractivity contribution in [2.45, 2.75) is 19.4 Å². The Morgan fingerprint density at radius 1 is 1.58 bits per heavy atom. The zero-order valence-electron chi connectivity index (χ0n) is 11.4. The van der Waals surface area contributed by atoms with E-state index >= 15 is 0 Å². The summed E-state index contributed by atoms with van der Waals surface area (Å²) in [6.45, 7) is 2.15. The zero-order chi connectivity index (χ0) is 13.8. The number of hydrogen-bond donors (Lipinski definition) is 1. The SMILES string of the molecule is CCOC(=O)c1cc(N(C)C2CCSC2)ccc1N. The summed E-state index contributed by atoms with van der Waals surface area (Å²) >= 11 is 1.97. The van der Waals surface area contributed by atoms with Crippen molar-refractivity contribution < 1.29 is 9.53 Å². The standard InChI is InChI=1S/C14H20N2O2S/c1-3-18-14(17)12-8-10(4-5-13(12)15)16(2)11-6-7-19-9-11/h4-5,8,11H,3,6-7,9,15H2,1-2H3. The molecule has 0 aromatic heterocycles. The first-order valence-electron chi connectivity index (χ1n) is 6.50. The first-order chi connectivity index (χ1) is 9.13. The second-order valence-electron chi connectivity index (χ2n) is 4.62. The van der Waals surface area contributed by atoms with Gasteiger partial charge in [-0.05, 0) is 37.3 Å². The Labute approximate surface area is 118 Å². The van der Waals surface area contributed by atoms with E-state index in [0.717, 1.165) is 11.4 Å². The van der Waals surface area contributed by atoms with Gasteiger partial charge in [-0.3, -0.25) is 0 Å². The van der Waals surface area contributed by atoms with Crippen molar-refractivity contribution in [2.75, 3.05) is 35.8 Å². The number of carbonyl (C=O) groups excluding carboxylic acids is 1. The van der Waals surface area contributed by atoms with Crippen LogP contribution in [0.25, 0.3) is 0 Å². The largest absolute Gasteiger partial charge is 0.462 e. The quantitative estimate of drug-likeness (QED) is 0.678. The van der Waals surface area contributed by atoms with Gasteiger partial charge < -0.3 is 15.4 Å². The van der Waals surface area contributed by atoms with Crippen LogP contribution >= 0.6 is 11.8 Å². The second kappa shape index (κ2) is 6.19. The van der Waals surface area contributed by atoms with E-state index in [0.29, 0.717) is 23.9 Å². The first kappa shape index (κ1) is 14.1. The van der Waals surface area contributed by atoms with Crippen LogP contribution in [0.2, 0.25) is 0 Å². The van der Waals surface area contributed by atoms with Crippen molar-refractivity contribution in [3.8, 4) is 0 Å². The minimum absolute atomic E-state index is 0.351. The van der Waals surface area contributed by atoms with Crippen molar-refractivity contribution in [2.24, 2.45) is 0 Å². The molecule has 0 saturated carbocycles. The molecule has 5 heteroatoms. The van der Waals surface area contributed by atoms with Gasteiger partial charge in [0.25, 0.3) is 0 Å². The van der Waals surface area contributed by atoms with Crippen LogP contribution in [0.4, 0.5) is 11.4 Å². The number of rotatable bonds is 4. The van der Waals surface area contributed by atoms with Crippen molar-refractivity contribution in [1.82, 2.24) is 0 Å². The van der Waals surface area contributed by atoms with Crippen molar-refractivity contribution in [3.63, 3.8) is 0 Å². The van der Waals surface area contributed by atoms with Gasteiger partial charge in [-0.1, -0.05) is 0 Å². The lowest BCUT2D eigenvalue weighted by atomic mass is 10.1. The molecule has 1 fully saturated rings. The molecule has 0 radical (unpaired) electrons. The number of carbonyl (C=O) groups is 1. The number of nitrogens with two attached hydrogens (primary N) is 1. The third-order valence-electron chi connectivity index (χ3n) is 3.39. The molecule has 1 aromatic rings. The molecule has 2 N–H and O–H groups in total. The molecule has 0 amide bonds. The van der Waals surface area contributed by atoms with E-state index in [-0.39, 0.29) is 5.97 Å². The number of ether oxygens (including phenoxy) is 1. The maximum Gasteiger partial charge on any atom is 0.340 e. The summed E-state index contributed by atoms with van der Waals surface area (Å²) in [7, 11) is 2.07. The third-order valence-corrected chi connectivity index (χ3v) is 4.54. The molecule has 0 spiro atoms. The maximum atomic E-state index is 11.8. The smallest absolute Gasteiger partial charge is 0.340 e. The van der Waals surface area contributed by atoms with Crippen LogP contribution in [-0.2, 0) is 4.74 Å². The Hall–Kier alpha value is -1.36.